The van der Waals surface area contributed by atoms with Crippen LogP contribution in [-0.4, -0.2) is 47.2 Å². The highest BCUT2D eigenvalue weighted by atomic mass is 16.4. The first-order chi connectivity index (χ1) is 11.2. The van der Waals surface area contributed by atoms with E-state index in [-0.39, 0.29) is 5.56 Å². The lowest BCUT2D eigenvalue weighted by Gasteiger charge is -2.25. The molecule has 0 bridgehead atoms. The molecule has 1 N–H and O–H groups in total. The molecule has 1 aliphatic heterocycles. The number of rotatable bonds is 3. The summed E-state index contributed by atoms with van der Waals surface area (Å²) in [6, 6.07) is 7.27. The molecule has 3 heterocycles. The fourth-order valence-corrected chi connectivity index (χ4v) is 2.97. The number of pyridine rings is 2. The van der Waals surface area contributed by atoms with Gasteiger partial charge in [0, 0.05) is 38.6 Å². The number of anilines is 2. The molecule has 0 spiro atoms. The molecule has 0 atom stereocenters. The van der Waals surface area contributed by atoms with Gasteiger partial charge in [0.05, 0.1) is 0 Å². The lowest BCUT2D eigenvalue weighted by atomic mass is 10.2. The largest absolute Gasteiger partial charge is 0.478 e. The van der Waals surface area contributed by atoms with Gasteiger partial charge in [-0.3, -0.25) is 0 Å². The van der Waals surface area contributed by atoms with Crippen molar-refractivity contribution < 1.29 is 9.90 Å². The molecule has 0 unspecified atom stereocenters. The average Bonchev–Trinajstić information content (AvgIpc) is 2.81. The second-order valence-electron chi connectivity index (χ2n) is 5.65. The zero-order valence-corrected chi connectivity index (χ0v) is 13.1. The molecule has 1 saturated heterocycles. The highest BCUT2D eigenvalue weighted by Crippen LogP contribution is 2.22. The molecule has 0 radical (unpaired) electrons. The van der Waals surface area contributed by atoms with E-state index in [4.69, 9.17) is 0 Å². The summed E-state index contributed by atoms with van der Waals surface area (Å²) in [5.41, 5.74) is 1.42. The Labute approximate surface area is 135 Å². The van der Waals surface area contributed by atoms with Gasteiger partial charge in [0.2, 0.25) is 0 Å². The summed E-state index contributed by atoms with van der Waals surface area (Å²) in [5, 5.41) is 9.35. The van der Waals surface area contributed by atoms with Crippen molar-refractivity contribution >= 4 is 17.6 Å². The van der Waals surface area contributed by atoms with Crippen molar-refractivity contribution in [3.63, 3.8) is 0 Å². The molecule has 23 heavy (non-hydrogen) atoms. The average molecular weight is 312 g/mol. The van der Waals surface area contributed by atoms with Crippen LogP contribution in [-0.2, 0) is 0 Å². The van der Waals surface area contributed by atoms with Crippen molar-refractivity contribution in [1.29, 1.82) is 0 Å². The summed E-state index contributed by atoms with van der Waals surface area (Å²) in [5.74, 6) is 0.628. The summed E-state index contributed by atoms with van der Waals surface area (Å²) in [7, 11) is 0. The van der Waals surface area contributed by atoms with E-state index in [1.165, 1.54) is 0 Å². The zero-order chi connectivity index (χ0) is 16.2. The van der Waals surface area contributed by atoms with Crippen molar-refractivity contribution in [2.45, 2.75) is 13.3 Å². The van der Waals surface area contributed by atoms with Crippen molar-refractivity contribution in [3.8, 4) is 0 Å². The van der Waals surface area contributed by atoms with Crippen molar-refractivity contribution in [1.82, 2.24) is 9.97 Å². The lowest BCUT2D eigenvalue weighted by molar-refractivity contribution is 0.0697. The Kier molecular flexibility index (Phi) is 4.41. The summed E-state index contributed by atoms with van der Waals surface area (Å²) in [4.78, 5) is 24.5. The number of nitrogens with zero attached hydrogens (tertiary/aromatic N) is 4. The van der Waals surface area contributed by atoms with Crippen LogP contribution in [0.4, 0.5) is 11.6 Å². The Bertz CT molecular complexity index is 704. The predicted octanol–water partition coefficient (Wildman–Crippen LogP) is 2.20. The normalized spacial score (nSPS) is 15.3. The van der Waals surface area contributed by atoms with Gasteiger partial charge in [-0.05, 0) is 37.1 Å². The van der Waals surface area contributed by atoms with Gasteiger partial charge in [0.15, 0.2) is 0 Å². The van der Waals surface area contributed by atoms with E-state index in [9.17, 15) is 9.90 Å². The fraction of sp³-hybridized carbons (Fsp3) is 0.353. The van der Waals surface area contributed by atoms with Gasteiger partial charge in [0.25, 0.3) is 0 Å². The smallest absolute Gasteiger partial charge is 0.339 e. The SMILES string of the molecule is Cc1cccnc1N1CCCN(c2ncccc2C(=O)O)CC1. The maximum atomic E-state index is 11.4. The topological polar surface area (TPSA) is 69.6 Å². The predicted molar refractivity (Wildman–Crippen MR) is 89.2 cm³/mol. The molecular weight excluding hydrogens is 292 g/mol. The minimum atomic E-state index is -0.935. The molecule has 120 valence electrons. The minimum Gasteiger partial charge on any atom is -0.478 e. The first kappa shape index (κ1) is 15.3. The Morgan fingerprint density at radius 1 is 1.00 bits per heavy atom. The van der Waals surface area contributed by atoms with E-state index in [0.717, 1.165) is 44.0 Å². The third-order valence-electron chi connectivity index (χ3n) is 4.09. The quantitative estimate of drug-likeness (QED) is 0.937. The lowest BCUT2D eigenvalue weighted by Crippen LogP contribution is -2.32. The second kappa shape index (κ2) is 6.64. The van der Waals surface area contributed by atoms with Crippen LogP contribution in [0.1, 0.15) is 22.3 Å². The van der Waals surface area contributed by atoms with Crippen LogP contribution in [0.3, 0.4) is 0 Å². The molecule has 2 aromatic heterocycles. The van der Waals surface area contributed by atoms with Crippen LogP contribution >= 0.6 is 0 Å². The fourth-order valence-electron chi connectivity index (χ4n) is 2.97. The summed E-state index contributed by atoms with van der Waals surface area (Å²) in [6.07, 6.45) is 4.39. The van der Waals surface area contributed by atoms with Crippen LogP contribution in [0.2, 0.25) is 0 Å². The van der Waals surface area contributed by atoms with Crippen molar-refractivity contribution in [2.75, 3.05) is 36.0 Å². The molecule has 0 aliphatic carbocycles. The summed E-state index contributed by atoms with van der Waals surface area (Å²) < 4.78 is 0. The summed E-state index contributed by atoms with van der Waals surface area (Å²) >= 11 is 0. The van der Waals surface area contributed by atoms with Gasteiger partial charge in [-0.1, -0.05) is 6.07 Å². The van der Waals surface area contributed by atoms with Gasteiger partial charge >= 0.3 is 5.97 Å². The molecule has 1 fully saturated rings. The molecule has 0 aromatic carbocycles. The van der Waals surface area contributed by atoms with Gasteiger partial charge in [-0.2, -0.15) is 0 Å². The Morgan fingerprint density at radius 3 is 2.26 bits per heavy atom. The zero-order valence-electron chi connectivity index (χ0n) is 13.1. The number of aryl methyl sites for hydroxylation is 1. The second-order valence-corrected chi connectivity index (χ2v) is 5.65. The molecule has 3 rings (SSSR count). The van der Waals surface area contributed by atoms with E-state index in [1.54, 1.807) is 18.3 Å². The number of aromatic nitrogens is 2. The number of carboxylic acid groups (broad SMARTS) is 1. The highest BCUT2D eigenvalue weighted by Gasteiger charge is 2.21. The third-order valence-corrected chi connectivity index (χ3v) is 4.09. The van der Waals surface area contributed by atoms with E-state index in [2.05, 4.69) is 32.8 Å². The van der Waals surface area contributed by atoms with Gasteiger partial charge in [0.1, 0.15) is 17.2 Å². The van der Waals surface area contributed by atoms with E-state index < -0.39 is 5.97 Å². The standard InChI is InChI=1S/C17H20N4O2/c1-13-5-2-7-18-15(13)20-9-4-10-21(12-11-20)16-14(17(22)23)6-3-8-19-16/h2-3,5-8H,4,9-12H2,1H3,(H,22,23). The van der Waals surface area contributed by atoms with Crippen LogP contribution < -0.4 is 9.80 Å². The van der Waals surface area contributed by atoms with Gasteiger partial charge in [-0.15, -0.1) is 0 Å². The Balaban J connectivity index is 1.80. The van der Waals surface area contributed by atoms with Gasteiger partial charge in [-0.25, -0.2) is 14.8 Å². The van der Waals surface area contributed by atoms with Crippen molar-refractivity contribution in [2.24, 2.45) is 0 Å². The number of carboxylic acids is 1. The first-order valence-corrected chi connectivity index (χ1v) is 7.76. The van der Waals surface area contributed by atoms with Crippen LogP contribution in [0.15, 0.2) is 36.7 Å². The molecule has 2 aromatic rings. The number of carbonyl (C=O) groups is 1. The molecule has 1 aliphatic rings. The number of aromatic carboxylic acids is 1. The highest BCUT2D eigenvalue weighted by molar-refractivity contribution is 5.93. The maximum absolute atomic E-state index is 11.4. The number of hydrogen-bond acceptors (Lipinski definition) is 5. The molecule has 6 nitrogen and oxygen atoms in total. The number of hydrogen-bond donors (Lipinski definition) is 1. The van der Waals surface area contributed by atoms with E-state index >= 15 is 0 Å². The van der Waals surface area contributed by atoms with Crippen LogP contribution in [0, 0.1) is 6.92 Å². The Morgan fingerprint density at radius 2 is 1.61 bits per heavy atom. The van der Waals surface area contributed by atoms with E-state index in [0.29, 0.717) is 5.82 Å². The van der Waals surface area contributed by atoms with Crippen molar-refractivity contribution in [3.05, 3.63) is 47.8 Å². The van der Waals surface area contributed by atoms with Gasteiger partial charge < -0.3 is 14.9 Å². The molecular formula is C17H20N4O2. The minimum absolute atomic E-state index is 0.259. The maximum Gasteiger partial charge on any atom is 0.339 e. The molecule has 0 saturated carbocycles. The van der Waals surface area contributed by atoms with Crippen LogP contribution in [0.5, 0.6) is 0 Å². The Hall–Kier alpha value is -2.63. The monoisotopic (exact) mass is 312 g/mol. The van der Waals surface area contributed by atoms with E-state index in [1.807, 2.05) is 12.3 Å². The van der Waals surface area contributed by atoms with Crippen LogP contribution in [0.25, 0.3) is 0 Å². The third kappa shape index (κ3) is 3.26. The summed E-state index contributed by atoms with van der Waals surface area (Å²) in [6.45, 7) is 5.29. The molecule has 0 amide bonds. The molecule has 6 heteroatoms. The first-order valence-electron chi connectivity index (χ1n) is 7.76.